The predicted octanol–water partition coefficient (Wildman–Crippen LogP) is 4.81. The van der Waals surface area contributed by atoms with Gasteiger partial charge in [-0.25, -0.2) is 4.39 Å². The van der Waals surface area contributed by atoms with Gasteiger partial charge in [0.25, 0.3) is 5.91 Å². The number of carbonyl (C=O) groups is 1. The lowest BCUT2D eigenvalue weighted by molar-refractivity contribution is 0.0729. The molecule has 0 aromatic heterocycles. The van der Waals surface area contributed by atoms with Gasteiger partial charge in [-0.05, 0) is 67.5 Å². The van der Waals surface area contributed by atoms with Crippen LogP contribution in [0.3, 0.4) is 0 Å². The van der Waals surface area contributed by atoms with E-state index in [-0.39, 0.29) is 17.8 Å². The lowest BCUT2D eigenvalue weighted by Gasteiger charge is -2.25. The van der Waals surface area contributed by atoms with Gasteiger partial charge in [-0.1, -0.05) is 24.6 Å². The molecule has 2 aliphatic rings. The van der Waals surface area contributed by atoms with Gasteiger partial charge >= 0.3 is 0 Å². The molecule has 0 atom stereocenters. The van der Waals surface area contributed by atoms with E-state index in [1.807, 2.05) is 29.2 Å². The summed E-state index contributed by atoms with van der Waals surface area (Å²) >= 11 is 0. The van der Waals surface area contributed by atoms with E-state index in [4.69, 9.17) is 4.74 Å². The third-order valence-corrected chi connectivity index (χ3v) is 5.31. The summed E-state index contributed by atoms with van der Waals surface area (Å²) < 4.78 is 19.3. The number of halogens is 1. The summed E-state index contributed by atoms with van der Waals surface area (Å²) in [6.45, 7) is 1.34. The first-order valence-corrected chi connectivity index (χ1v) is 9.47. The molecule has 0 aliphatic heterocycles. The summed E-state index contributed by atoms with van der Waals surface area (Å²) in [5.74, 6) is 1.12. The van der Waals surface area contributed by atoms with Gasteiger partial charge in [0.15, 0.2) is 0 Å². The smallest absolute Gasteiger partial charge is 0.254 e. The number of hydrogen-bond donors (Lipinski definition) is 0. The van der Waals surface area contributed by atoms with E-state index in [0.717, 1.165) is 30.8 Å². The standard InChI is InChI=1S/C22H24FNO2/c23-19-6-2-5-18(13-19)22(25)24(20-9-10-20)14-16-7-11-21(12-8-16)26-15-17-3-1-4-17/h2,5-8,11-13,17,20H,1,3-4,9-10,14-15H2. The minimum absolute atomic E-state index is 0.0997. The minimum atomic E-state index is -0.375. The van der Waals surface area contributed by atoms with Crippen LogP contribution in [0.25, 0.3) is 0 Å². The second-order valence-corrected chi connectivity index (χ2v) is 7.43. The van der Waals surface area contributed by atoms with E-state index < -0.39 is 0 Å². The van der Waals surface area contributed by atoms with E-state index in [9.17, 15) is 9.18 Å². The van der Waals surface area contributed by atoms with Crippen molar-refractivity contribution in [2.45, 2.75) is 44.7 Å². The molecule has 0 unspecified atom stereocenters. The number of nitrogens with zero attached hydrogens (tertiary/aromatic N) is 1. The normalized spacial score (nSPS) is 16.8. The average molecular weight is 353 g/mol. The second-order valence-electron chi connectivity index (χ2n) is 7.43. The number of amides is 1. The van der Waals surface area contributed by atoms with Crippen molar-refractivity contribution >= 4 is 5.91 Å². The largest absolute Gasteiger partial charge is 0.493 e. The zero-order chi connectivity index (χ0) is 17.9. The second kappa shape index (κ2) is 7.48. The van der Waals surface area contributed by atoms with Crippen LogP contribution >= 0.6 is 0 Å². The van der Waals surface area contributed by atoms with Crippen molar-refractivity contribution in [3.05, 3.63) is 65.5 Å². The maximum atomic E-state index is 13.5. The van der Waals surface area contributed by atoms with Gasteiger partial charge in [0.1, 0.15) is 11.6 Å². The fourth-order valence-electron chi connectivity index (χ4n) is 3.30. The Morgan fingerprint density at radius 1 is 1.08 bits per heavy atom. The third-order valence-electron chi connectivity index (χ3n) is 5.31. The quantitative estimate of drug-likeness (QED) is 0.715. The number of rotatable bonds is 7. The van der Waals surface area contributed by atoms with E-state index in [1.165, 1.54) is 31.4 Å². The Hall–Kier alpha value is -2.36. The van der Waals surface area contributed by atoms with Crippen molar-refractivity contribution in [1.29, 1.82) is 0 Å². The molecular formula is C22H24FNO2. The van der Waals surface area contributed by atoms with E-state index in [2.05, 4.69) is 0 Å². The Bertz CT molecular complexity index is 766. The molecule has 1 amide bonds. The minimum Gasteiger partial charge on any atom is -0.493 e. The Labute approximate surface area is 153 Å². The monoisotopic (exact) mass is 353 g/mol. The molecule has 0 saturated heterocycles. The summed E-state index contributed by atoms with van der Waals surface area (Å²) in [5, 5.41) is 0. The average Bonchev–Trinajstić information content (AvgIpc) is 3.44. The molecule has 2 aliphatic carbocycles. The predicted molar refractivity (Wildman–Crippen MR) is 98.6 cm³/mol. The van der Waals surface area contributed by atoms with Crippen LogP contribution in [0.5, 0.6) is 5.75 Å². The van der Waals surface area contributed by atoms with Gasteiger partial charge in [-0.3, -0.25) is 4.79 Å². The highest BCUT2D eigenvalue weighted by molar-refractivity contribution is 5.94. The molecule has 2 aromatic rings. The third kappa shape index (κ3) is 4.06. The number of hydrogen-bond acceptors (Lipinski definition) is 2. The Kier molecular flexibility index (Phi) is 4.91. The first-order valence-electron chi connectivity index (χ1n) is 9.47. The lowest BCUT2D eigenvalue weighted by Crippen LogP contribution is -2.32. The van der Waals surface area contributed by atoms with Crippen molar-refractivity contribution in [2.24, 2.45) is 5.92 Å². The first kappa shape index (κ1) is 17.1. The van der Waals surface area contributed by atoms with Crippen LogP contribution in [0.1, 0.15) is 48.0 Å². The summed E-state index contributed by atoms with van der Waals surface area (Å²) in [5.41, 5.74) is 1.48. The molecule has 2 saturated carbocycles. The van der Waals surface area contributed by atoms with Crippen LogP contribution in [0.4, 0.5) is 4.39 Å². The molecular weight excluding hydrogens is 329 g/mol. The van der Waals surface area contributed by atoms with Crippen molar-refractivity contribution in [2.75, 3.05) is 6.61 Å². The topological polar surface area (TPSA) is 29.5 Å². The summed E-state index contributed by atoms with van der Waals surface area (Å²) in [4.78, 5) is 14.7. The maximum absolute atomic E-state index is 13.5. The molecule has 0 N–H and O–H groups in total. The SMILES string of the molecule is O=C(c1cccc(F)c1)N(Cc1ccc(OCC2CCC2)cc1)C1CC1. The Morgan fingerprint density at radius 2 is 1.85 bits per heavy atom. The van der Waals surface area contributed by atoms with Crippen molar-refractivity contribution in [3.63, 3.8) is 0 Å². The van der Waals surface area contributed by atoms with Crippen LogP contribution < -0.4 is 4.74 Å². The molecule has 4 rings (SSSR count). The maximum Gasteiger partial charge on any atom is 0.254 e. The fraction of sp³-hybridized carbons (Fsp3) is 0.409. The summed E-state index contributed by atoms with van der Waals surface area (Å²) in [7, 11) is 0. The molecule has 0 heterocycles. The number of benzene rings is 2. The zero-order valence-corrected chi connectivity index (χ0v) is 14.9. The molecule has 2 fully saturated rings. The van der Waals surface area contributed by atoms with Gasteiger partial charge in [-0.15, -0.1) is 0 Å². The zero-order valence-electron chi connectivity index (χ0n) is 14.9. The molecule has 2 aromatic carbocycles. The Morgan fingerprint density at radius 3 is 2.46 bits per heavy atom. The van der Waals surface area contributed by atoms with Crippen molar-refractivity contribution in [3.8, 4) is 5.75 Å². The molecule has 0 radical (unpaired) electrons. The molecule has 136 valence electrons. The van der Waals surface area contributed by atoms with Gasteiger partial charge in [0, 0.05) is 18.2 Å². The Balaban J connectivity index is 1.40. The summed E-state index contributed by atoms with van der Waals surface area (Å²) in [6.07, 6.45) is 5.91. The van der Waals surface area contributed by atoms with Crippen LogP contribution in [0, 0.1) is 11.7 Å². The highest BCUT2D eigenvalue weighted by atomic mass is 19.1. The lowest BCUT2D eigenvalue weighted by atomic mass is 9.86. The fourth-order valence-corrected chi connectivity index (χ4v) is 3.30. The van der Waals surface area contributed by atoms with Crippen LogP contribution in [-0.4, -0.2) is 23.5 Å². The van der Waals surface area contributed by atoms with Gasteiger partial charge in [0.05, 0.1) is 6.61 Å². The highest BCUT2D eigenvalue weighted by Gasteiger charge is 2.33. The molecule has 26 heavy (non-hydrogen) atoms. The number of ether oxygens (including phenoxy) is 1. The van der Waals surface area contributed by atoms with Gasteiger partial charge in [-0.2, -0.15) is 0 Å². The van der Waals surface area contributed by atoms with E-state index in [1.54, 1.807) is 12.1 Å². The van der Waals surface area contributed by atoms with Gasteiger partial charge < -0.3 is 9.64 Å². The van der Waals surface area contributed by atoms with Gasteiger partial charge in [0.2, 0.25) is 0 Å². The van der Waals surface area contributed by atoms with E-state index in [0.29, 0.717) is 18.0 Å². The highest BCUT2D eigenvalue weighted by Crippen LogP contribution is 2.31. The summed E-state index contributed by atoms with van der Waals surface area (Å²) in [6, 6.07) is 14.2. The van der Waals surface area contributed by atoms with E-state index >= 15 is 0 Å². The van der Waals surface area contributed by atoms with Crippen molar-refractivity contribution < 1.29 is 13.9 Å². The van der Waals surface area contributed by atoms with Crippen LogP contribution in [-0.2, 0) is 6.54 Å². The van der Waals surface area contributed by atoms with Crippen LogP contribution in [0.15, 0.2) is 48.5 Å². The molecule has 0 bridgehead atoms. The molecule has 0 spiro atoms. The number of carbonyl (C=O) groups excluding carboxylic acids is 1. The first-order chi connectivity index (χ1) is 12.7. The molecule has 3 nitrogen and oxygen atoms in total. The van der Waals surface area contributed by atoms with Crippen LogP contribution in [0.2, 0.25) is 0 Å². The van der Waals surface area contributed by atoms with Crippen molar-refractivity contribution in [1.82, 2.24) is 4.90 Å². The molecule has 4 heteroatoms.